The Balaban J connectivity index is 2.41. The molecule has 0 aromatic rings. The van der Waals surface area contributed by atoms with Gasteiger partial charge in [-0.1, -0.05) is 194 Å². The second-order valence-electron chi connectivity index (χ2n) is 16.5. The molecule has 55 heavy (non-hydrogen) atoms. The molecule has 1 rings (SSSR count). The minimum absolute atomic E-state index is 0.266. The highest BCUT2D eigenvalue weighted by atomic mass is 16.7. The fourth-order valence-electron chi connectivity index (χ4n) is 7.56. The second-order valence-corrected chi connectivity index (χ2v) is 16.5. The SMILES string of the molecule is CCCCCCCCCCCCCCCCCCCCC(O)C(=O)NC(COC1OC(CO)C(O)C(O)C1O)C(O)C(O)CCCCCCCCCCCC. The smallest absolute Gasteiger partial charge is 0.249 e. The average Bonchev–Trinajstić information content (AvgIpc) is 3.18. The molecular formula is C44H87NO10. The highest BCUT2D eigenvalue weighted by molar-refractivity contribution is 5.80. The van der Waals surface area contributed by atoms with Crippen LogP contribution in [0.5, 0.6) is 0 Å². The van der Waals surface area contributed by atoms with E-state index in [1.165, 1.54) is 128 Å². The van der Waals surface area contributed by atoms with E-state index in [4.69, 9.17) is 9.47 Å². The zero-order valence-corrected chi connectivity index (χ0v) is 35.2. The van der Waals surface area contributed by atoms with Crippen LogP contribution in [0.2, 0.25) is 0 Å². The Hall–Kier alpha value is -0.890. The number of nitrogens with one attached hydrogen (secondary N) is 1. The maximum atomic E-state index is 13.1. The minimum Gasteiger partial charge on any atom is -0.394 e. The quantitative estimate of drug-likeness (QED) is 0.0300. The van der Waals surface area contributed by atoms with Gasteiger partial charge in [0.1, 0.15) is 36.6 Å². The van der Waals surface area contributed by atoms with E-state index in [1.54, 1.807) is 0 Å². The molecule has 11 nitrogen and oxygen atoms in total. The van der Waals surface area contributed by atoms with E-state index >= 15 is 0 Å². The lowest BCUT2D eigenvalue weighted by atomic mass is 9.98. The molecule has 1 aliphatic rings. The van der Waals surface area contributed by atoms with Crippen LogP contribution in [0, 0.1) is 0 Å². The summed E-state index contributed by atoms with van der Waals surface area (Å²) in [5, 5.41) is 75.5. The molecule has 0 aliphatic carbocycles. The topological polar surface area (TPSA) is 189 Å². The summed E-state index contributed by atoms with van der Waals surface area (Å²) < 4.78 is 11.1. The molecule has 1 amide bonds. The van der Waals surface area contributed by atoms with Crippen molar-refractivity contribution < 1.29 is 50.0 Å². The molecule has 0 radical (unpaired) electrons. The van der Waals surface area contributed by atoms with Crippen molar-refractivity contribution in [3.05, 3.63) is 0 Å². The minimum atomic E-state index is -1.65. The standard InChI is InChI=1S/C44H87NO10/c1-3-5-7-9-11-13-15-16-17-18-19-20-21-22-24-26-28-30-32-37(48)43(53)45-35(34-54-44-42(52)41(51)40(50)38(33-46)55-44)39(49)36(47)31-29-27-25-23-14-12-10-8-6-4-2/h35-42,44,46-52H,3-34H2,1-2H3,(H,45,53). The van der Waals surface area contributed by atoms with Crippen LogP contribution in [0.4, 0.5) is 0 Å². The van der Waals surface area contributed by atoms with Crippen LogP contribution in [-0.4, -0.2) is 110 Å². The van der Waals surface area contributed by atoms with Crippen LogP contribution < -0.4 is 5.32 Å². The summed E-state index contributed by atoms with van der Waals surface area (Å²) in [6, 6.07) is -1.16. The molecule has 1 fully saturated rings. The van der Waals surface area contributed by atoms with Gasteiger partial charge in [0.25, 0.3) is 0 Å². The first kappa shape index (κ1) is 52.1. The lowest BCUT2D eigenvalue weighted by Gasteiger charge is -2.40. The number of unbranched alkanes of at least 4 members (excludes halogenated alkanes) is 26. The van der Waals surface area contributed by atoms with Crippen molar-refractivity contribution in [2.75, 3.05) is 13.2 Å². The molecule has 8 N–H and O–H groups in total. The predicted molar refractivity (Wildman–Crippen MR) is 220 cm³/mol. The van der Waals surface area contributed by atoms with E-state index in [1.807, 2.05) is 0 Å². The largest absolute Gasteiger partial charge is 0.394 e. The summed E-state index contributed by atoms with van der Waals surface area (Å²) in [6.07, 6.45) is 23.0. The maximum Gasteiger partial charge on any atom is 0.249 e. The lowest BCUT2D eigenvalue weighted by Crippen LogP contribution is -2.60. The van der Waals surface area contributed by atoms with Crippen LogP contribution in [0.25, 0.3) is 0 Å². The third-order valence-electron chi connectivity index (χ3n) is 11.4. The monoisotopic (exact) mass is 790 g/mol. The molecule has 9 unspecified atom stereocenters. The number of carbonyl (C=O) groups is 1. The normalized spacial score (nSPS) is 22.4. The Bertz CT molecular complexity index is 866. The van der Waals surface area contributed by atoms with E-state index < -0.39 is 74.2 Å². The molecular weight excluding hydrogens is 702 g/mol. The highest BCUT2D eigenvalue weighted by Crippen LogP contribution is 2.23. The summed E-state index contributed by atoms with van der Waals surface area (Å²) >= 11 is 0. The van der Waals surface area contributed by atoms with Crippen LogP contribution >= 0.6 is 0 Å². The molecule has 1 heterocycles. The fraction of sp³-hybridized carbons (Fsp3) is 0.977. The van der Waals surface area contributed by atoms with Crippen LogP contribution in [-0.2, 0) is 14.3 Å². The number of ether oxygens (including phenoxy) is 2. The van der Waals surface area contributed by atoms with Gasteiger partial charge in [0.05, 0.1) is 25.4 Å². The number of rotatable bonds is 38. The van der Waals surface area contributed by atoms with Crippen molar-refractivity contribution in [2.45, 2.75) is 262 Å². The van der Waals surface area contributed by atoms with Crippen molar-refractivity contribution in [2.24, 2.45) is 0 Å². The van der Waals surface area contributed by atoms with Gasteiger partial charge in [0.2, 0.25) is 5.91 Å². The second kappa shape index (κ2) is 35.1. The van der Waals surface area contributed by atoms with Crippen molar-refractivity contribution in [1.29, 1.82) is 0 Å². The Morgan fingerprint density at radius 3 is 1.35 bits per heavy atom. The number of aliphatic hydroxyl groups excluding tert-OH is 7. The van der Waals surface area contributed by atoms with Gasteiger partial charge in [0, 0.05) is 0 Å². The number of amides is 1. The van der Waals surface area contributed by atoms with E-state index in [9.17, 15) is 40.5 Å². The first-order valence-corrected chi connectivity index (χ1v) is 22.9. The number of hydrogen-bond acceptors (Lipinski definition) is 10. The van der Waals surface area contributed by atoms with Crippen LogP contribution in [0.1, 0.15) is 206 Å². The number of carbonyl (C=O) groups excluding carboxylic acids is 1. The number of hydrogen-bond donors (Lipinski definition) is 8. The average molecular weight is 790 g/mol. The molecule has 1 saturated heterocycles. The predicted octanol–water partition coefficient (Wildman–Crippen LogP) is 7.11. The lowest BCUT2D eigenvalue weighted by molar-refractivity contribution is -0.303. The van der Waals surface area contributed by atoms with Gasteiger partial charge >= 0.3 is 0 Å². The Labute approximate surface area is 335 Å². The molecule has 0 aromatic heterocycles. The van der Waals surface area contributed by atoms with Gasteiger partial charge in [-0.3, -0.25) is 4.79 Å². The molecule has 0 bridgehead atoms. The summed E-state index contributed by atoms with van der Waals surface area (Å²) in [6.45, 7) is 3.42. The van der Waals surface area contributed by atoms with Gasteiger partial charge in [-0.2, -0.15) is 0 Å². The maximum absolute atomic E-state index is 13.1. The van der Waals surface area contributed by atoms with Gasteiger partial charge < -0.3 is 50.5 Å². The summed E-state index contributed by atoms with van der Waals surface area (Å²) in [4.78, 5) is 13.1. The summed E-state index contributed by atoms with van der Waals surface area (Å²) in [5.74, 6) is -0.695. The molecule has 328 valence electrons. The van der Waals surface area contributed by atoms with Crippen molar-refractivity contribution in [1.82, 2.24) is 5.32 Å². The van der Waals surface area contributed by atoms with Crippen LogP contribution in [0.15, 0.2) is 0 Å². The Morgan fingerprint density at radius 1 is 0.564 bits per heavy atom. The zero-order valence-electron chi connectivity index (χ0n) is 35.2. The fourth-order valence-corrected chi connectivity index (χ4v) is 7.56. The van der Waals surface area contributed by atoms with E-state index in [0.717, 1.165) is 38.5 Å². The molecule has 0 spiro atoms. The summed E-state index contributed by atoms with van der Waals surface area (Å²) in [5.41, 5.74) is 0. The molecule has 0 saturated carbocycles. The molecule has 0 aromatic carbocycles. The van der Waals surface area contributed by atoms with Crippen molar-refractivity contribution >= 4 is 5.91 Å². The first-order valence-electron chi connectivity index (χ1n) is 22.9. The molecule has 1 aliphatic heterocycles. The third kappa shape index (κ3) is 25.3. The third-order valence-corrected chi connectivity index (χ3v) is 11.4. The van der Waals surface area contributed by atoms with Crippen LogP contribution in [0.3, 0.4) is 0 Å². The van der Waals surface area contributed by atoms with Gasteiger partial charge in [-0.15, -0.1) is 0 Å². The van der Waals surface area contributed by atoms with E-state index in [2.05, 4.69) is 19.2 Å². The highest BCUT2D eigenvalue weighted by Gasteiger charge is 2.44. The molecule has 9 atom stereocenters. The Kier molecular flexibility index (Phi) is 33.3. The van der Waals surface area contributed by atoms with E-state index in [0.29, 0.717) is 19.3 Å². The van der Waals surface area contributed by atoms with Gasteiger partial charge in [-0.05, 0) is 12.8 Å². The van der Waals surface area contributed by atoms with Crippen molar-refractivity contribution in [3.63, 3.8) is 0 Å². The number of aliphatic hydroxyl groups is 7. The zero-order chi connectivity index (χ0) is 40.5. The first-order chi connectivity index (χ1) is 26.7. The van der Waals surface area contributed by atoms with Gasteiger partial charge in [-0.25, -0.2) is 0 Å². The van der Waals surface area contributed by atoms with E-state index in [-0.39, 0.29) is 6.42 Å². The Morgan fingerprint density at radius 2 is 0.945 bits per heavy atom. The van der Waals surface area contributed by atoms with Crippen molar-refractivity contribution in [3.8, 4) is 0 Å². The van der Waals surface area contributed by atoms with Gasteiger partial charge in [0.15, 0.2) is 6.29 Å². The summed E-state index contributed by atoms with van der Waals surface area (Å²) in [7, 11) is 0. The molecule has 11 heteroatoms.